The first-order valence-electron chi connectivity index (χ1n) is 5.94. The second-order valence-electron chi connectivity index (χ2n) is 5.51. The van der Waals surface area contributed by atoms with Crippen LogP contribution in [0.25, 0.3) is 0 Å². The van der Waals surface area contributed by atoms with E-state index in [2.05, 4.69) is 4.74 Å². The van der Waals surface area contributed by atoms with Crippen LogP contribution in [0, 0.1) is 5.92 Å². The highest BCUT2D eigenvalue weighted by Crippen LogP contribution is 2.62. The van der Waals surface area contributed by atoms with E-state index in [0.717, 1.165) is 0 Å². The first kappa shape index (κ1) is 15.8. The number of ether oxygens (including phenoxy) is 1. The summed E-state index contributed by atoms with van der Waals surface area (Å²) in [4.78, 5) is 22.5. The van der Waals surface area contributed by atoms with Crippen molar-refractivity contribution in [1.82, 2.24) is 0 Å². The van der Waals surface area contributed by atoms with Gasteiger partial charge in [-0.1, -0.05) is 13.8 Å². The lowest BCUT2D eigenvalue weighted by Gasteiger charge is -2.45. The van der Waals surface area contributed by atoms with Crippen LogP contribution in [-0.4, -0.2) is 34.9 Å². The van der Waals surface area contributed by atoms with Gasteiger partial charge in [0.1, 0.15) is 0 Å². The second kappa shape index (κ2) is 4.01. The summed E-state index contributed by atoms with van der Waals surface area (Å²) >= 11 is 0. The van der Waals surface area contributed by atoms with Gasteiger partial charge >= 0.3 is 17.9 Å². The number of allylic oxidation sites excluding steroid dienone is 1. The minimum Gasteiger partial charge on any atom is -0.388 e. The molecule has 3 unspecified atom stereocenters. The van der Waals surface area contributed by atoms with Crippen LogP contribution < -0.4 is 0 Å². The van der Waals surface area contributed by atoms with Crippen molar-refractivity contribution in [2.75, 3.05) is 0 Å². The molecule has 2 aliphatic rings. The number of alkyl halides is 5. The van der Waals surface area contributed by atoms with E-state index in [1.807, 2.05) is 0 Å². The third-order valence-corrected chi connectivity index (χ3v) is 3.62. The molecule has 0 amide bonds. The molecule has 0 N–H and O–H groups in total. The third kappa shape index (κ3) is 1.51. The highest BCUT2D eigenvalue weighted by atomic mass is 19.3. The molecule has 9 heteroatoms. The number of halogens is 6. The van der Waals surface area contributed by atoms with Gasteiger partial charge in [0.25, 0.3) is 11.3 Å². The van der Waals surface area contributed by atoms with E-state index in [1.54, 1.807) is 0 Å². The highest BCUT2D eigenvalue weighted by molar-refractivity contribution is 6.08. The van der Waals surface area contributed by atoms with Crippen LogP contribution in [-0.2, 0) is 14.3 Å². The van der Waals surface area contributed by atoms with Crippen LogP contribution in [0.5, 0.6) is 0 Å². The van der Waals surface area contributed by atoms with E-state index in [1.165, 1.54) is 13.8 Å². The summed E-state index contributed by atoms with van der Waals surface area (Å²) in [5, 5.41) is 0. The van der Waals surface area contributed by atoms with Gasteiger partial charge in [-0.05, 0) is 12.3 Å². The Labute approximate surface area is 114 Å². The quantitative estimate of drug-likeness (QED) is 0.447. The molecule has 3 nitrogen and oxygen atoms in total. The molecule has 2 rings (SSSR count). The number of hydrogen-bond acceptors (Lipinski definition) is 3. The van der Waals surface area contributed by atoms with E-state index in [-0.39, 0.29) is 0 Å². The first-order chi connectivity index (χ1) is 9.34. The standard InChI is InChI=1S/C12H10F6O3/c1-5(2)3-10(15)11(16)8(20)21-7(19)9(11,14)4-6(13)12(10,17)18/h4-5H,3H2,1-2H3. The summed E-state index contributed by atoms with van der Waals surface area (Å²) in [6, 6.07) is 0. The summed E-state index contributed by atoms with van der Waals surface area (Å²) in [6.07, 6.45) is -2.12. The monoisotopic (exact) mass is 316 g/mol. The predicted octanol–water partition coefficient (Wildman–Crippen LogP) is 2.74. The largest absolute Gasteiger partial charge is 0.388 e. The van der Waals surface area contributed by atoms with Gasteiger partial charge in [-0.3, -0.25) is 0 Å². The lowest BCUT2D eigenvalue weighted by Crippen LogP contribution is -2.72. The molecule has 1 fully saturated rings. The van der Waals surface area contributed by atoms with Crippen molar-refractivity contribution in [2.24, 2.45) is 5.92 Å². The molecule has 1 aliphatic carbocycles. The molecule has 1 aliphatic heterocycles. The predicted molar refractivity (Wildman–Crippen MR) is 56.2 cm³/mol. The fraction of sp³-hybridized carbons (Fsp3) is 0.667. The van der Waals surface area contributed by atoms with Crippen LogP contribution in [0.2, 0.25) is 0 Å². The summed E-state index contributed by atoms with van der Waals surface area (Å²) in [6.45, 7) is 2.36. The van der Waals surface area contributed by atoms with Crippen molar-refractivity contribution in [3.8, 4) is 0 Å². The van der Waals surface area contributed by atoms with E-state index >= 15 is 0 Å². The molecule has 1 heterocycles. The van der Waals surface area contributed by atoms with E-state index in [0.29, 0.717) is 0 Å². The Balaban J connectivity index is 2.81. The molecular weight excluding hydrogens is 306 g/mol. The fourth-order valence-corrected chi connectivity index (χ4v) is 2.63. The molecule has 0 bridgehead atoms. The first-order valence-corrected chi connectivity index (χ1v) is 5.94. The van der Waals surface area contributed by atoms with E-state index in [4.69, 9.17) is 0 Å². The van der Waals surface area contributed by atoms with Crippen molar-refractivity contribution >= 4 is 11.9 Å². The molecule has 0 aromatic heterocycles. The smallest absolute Gasteiger partial charge is 0.360 e. The van der Waals surface area contributed by atoms with Crippen molar-refractivity contribution in [3.05, 3.63) is 11.9 Å². The number of carbonyl (C=O) groups is 2. The Morgan fingerprint density at radius 3 is 2.10 bits per heavy atom. The minimum atomic E-state index is -5.12. The van der Waals surface area contributed by atoms with E-state index < -0.39 is 59.1 Å². The van der Waals surface area contributed by atoms with Gasteiger partial charge in [0.05, 0.1) is 0 Å². The highest BCUT2D eigenvalue weighted by Gasteiger charge is 2.89. The molecule has 0 aromatic rings. The lowest BCUT2D eigenvalue weighted by molar-refractivity contribution is -0.229. The number of cyclic esters (lactones) is 2. The summed E-state index contributed by atoms with van der Waals surface area (Å²) in [5.41, 5.74) is -13.5. The van der Waals surface area contributed by atoms with Crippen molar-refractivity contribution in [2.45, 2.75) is 43.2 Å². The number of rotatable bonds is 2. The SMILES string of the molecule is CC(C)CC1(F)C(F)(F)C(F)=CC2(F)C(=O)OC(=O)C21F. The maximum atomic E-state index is 14.8. The number of fused-ring (bicyclic) bond motifs is 1. The third-order valence-electron chi connectivity index (χ3n) is 3.62. The van der Waals surface area contributed by atoms with Crippen molar-refractivity contribution < 1.29 is 40.7 Å². The van der Waals surface area contributed by atoms with E-state index in [9.17, 15) is 35.9 Å². The maximum Gasteiger partial charge on any atom is 0.360 e. The van der Waals surface area contributed by atoms with Crippen LogP contribution in [0.4, 0.5) is 26.3 Å². The Bertz CT molecular complexity index is 559. The second-order valence-corrected chi connectivity index (χ2v) is 5.51. The van der Waals surface area contributed by atoms with Gasteiger partial charge < -0.3 is 4.74 Å². The average Bonchev–Trinajstić information content (AvgIpc) is 2.49. The zero-order chi connectivity index (χ0) is 16.4. The molecule has 0 aromatic carbocycles. The lowest BCUT2D eigenvalue weighted by atomic mass is 9.65. The normalized spacial score (nSPS) is 41.9. The van der Waals surface area contributed by atoms with Gasteiger partial charge in [-0.25, -0.2) is 27.2 Å². The van der Waals surface area contributed by atoms with Gasteiger partial charge in [-0.2, -0.15) is 8.78 Å². The molecule has 0 radical (unpaired) electrons. The zero-order valence-corrected chi connectivity index (χ0v) is 10.9. The van der Waals surface area contributed by atoms with Crippen LogP contribution in [0.1, 0.15) is 20.3 Å². The fourth-order valence-electron chi connectivity index (χ4n) is 2.63. The van der Waals surface area contributed by atoms with Crippen LogP contribution >= 0.6 is 0 Å². The Morgan fingerprint density at radius 2 is 1.62 bits per heavy atom. The molecule has 118 valence electrons. The van der Waals surface area contributed by atoms with Crippen molar-refractivity contribution in [3.63, 3.8) is 0 Å². The summed E-state index contributed by atoms with van der Waals surface area (Å²) < 4.78 is 88.5. The zero-order valence-electron chi connectivity index (χ0n) is 10.9. The molecule has 0 spiro atoms. The Hall–Kier alpha value is -1.54. The molecular formula is C12H10F6O3. The summed E-state index contributed by atoms with van der Waals surface area (Å²) in [5.74, 6) is -13.5. The van der Waals surface area contributed by atoms with Crippen LogP contribution in [0.15, 0.2) is 11.9 Å². The van der Waals surface area contributed by atoms with Crippen molar-refractivity contribution in [1.29, 1.82) is 0 Å². The van der Waals surface area contributed by atoms with Gasteiger partial charge in [0, 0.05) is 6.08 Å². The Morgan fingerprint density at radius 1 is 1.10 bits per heavy atom. The van der Waals surface area contributed by atoms with Gasteiger partial charge in [-0.15, -0.1) is 0 Å². The minimum absolute atomic E-state index is 0.724. The summed E-state index contributed by atoms with van der Waals surface area (Å²) in [7, 11) is 0. The van der Waals surface area contributed by atoms with Crippen LogP contribution in [0.3, 0.4) is 0 Å². The molecule has 3 atom stereocenters. The molecule has 21 heavy (non-hydrogen) atoms. The molecule has 1 saturated heterocycles. The van der Waals surface area contributed by atoms with Gasteiger partial charge in [0.15, 0.2) is 5.83 Å². The average molecular weight is 316 g/mol. The molecule has 0 saturated carbocycles. The Kier molecular flexibility index (Phi) is 3.03. The van der Waals surface area contributed by atoms with Gasteiger partial charge in [0.2, 0.25) is 5.67 Å². The number of carbonyl (C=O) groups excluding carboxylic acids is 2. The number of hydrogen-bond donors (Lipinski definition) is 0. The topological polar surface area (TPSA) is 43.4 Å². The number of esters is 2. The maximum absolute atomic E-state index is 14.8.